The van der Waals surface area contributed by atoms with Crippen molar-refractivity contribution in [2.45, 2.75) is 40.5 Å². The number of carbonyl (C=O) groups excluding carboxylic acids is 1. The fourth-order valence-electron chi connectivity index (χ4n) is 3.92. The first-order valence-electron chi connectivity index (χ1n) is 10.2. The highest BCUT2D eigenvalue weighted by atomic mass is 16.5. The van der Waals surface area contributed by atoms with Crippen molar-refractivity contribution in [3.8, 4) is 5.75 Å². The number of carbonyl (C=O) groups is 1. The molecule has 0 aliphatic heterocycles. The van der Waals surface area contributed by atoms with Crippen molar-refractivity contribution in [1.29, 1.82) is 0 Å². The predicted molar refractivity (Wildman–Crippen MR) is 118 cm³/mol. The van der Waals surface area contributed by atoms with Crippen molar-refractivity contribution >= 4 is 16.9 Å². The summed E-state index contributed by atoms with van der Waals surface area (Å²) in [6, 6.07) is 6.07. The van der Waals surface area contributed by atoms with E-state index in [0.29, 0.717) is 30.8 Å². The van der Waals surface area contributed by atoms with Crippen molar-refractivity contribution < 1.29 is 9.53 Å². The lowest BCUT2D eigenvalue weighted by Gasteiger charge is -2.18. The van der Waals surface area contributed by atoms with E-state index in [1.54, 1.807) is 16.6 Å². The molecule has 30 heavy (non-hydrogen) atoms. The molecule has 0 atom stereocenters. The molecule has 0 unspecified atom stereocenters. The number of hydrogen-bond acceptors (Lipinski definition) is 4. The molecule has 7 nitrogen and oxygen atoms in total. The number of aromatic amines is 1. The van der Waals surface area contributed by atoms with E-state index in [2.05, 4.69) is 16.1 Å². The van der Waals surface area contributed by atoms with Crippen LogP contribution < -0.4 is 10.3 Å². The first-order chi connectivity index (χ1) is 14.2. The number of aryl methyl sites for hydroxylation is 5. The normalized spacial score (nSPS) is 11.1. The fourth-order valence-corrected chi connectivity index (χ4v) is 3.92. The van der Waals surface area contributed by atoms with Crippen LogP contribution >= 0.6 is 0 Å². The molecule has 7 heteroatoms. The number of pyridine rings is 1. The molecule has 1 amide bonds. The molecule has 2 heterocycles. The number of benzene rings is 1. The summed E-state index contributed by atoms with van der Waals surface area (Å²) < 4.78 is 7.47. The van der Waals surface area contributed by atoms with Gasteiger partial charge < -0.3 is 14.6 Å². The van der Waals surface area contributed by atoms with Crippen molar-refractivity contribution in [2.75, 3.05) is 20.2 Å². The van der Waals surface area contributed by atoms with Crippen LogP contribution in [0, 0.1) is 27.7 Å². The molecule has 0 aliphatic rings. The van der Waals surface area contributed by atoms with E-state index in [4.69, 9.17) is 4.74 Å². The summed E-state index contributed by atoms with van der Waals surface area (Å²) >= 11 is 0. The average molecular weight is 411 g/mol. The molecular weight excluding hydrogens is 380 g/mol. The van der Waals surface area contributed by atoms with Crippen LogP contribution in [0.25, 0.3) is 11.0 Å². The molecule has 1 N–H and O–H groups in total. The number of amides is 1. The van der Waals surface area contributed by atoms with Crippen LogP contribution in [-0.4, -0.2) is 45.8 Å². The lowest BCUT2D eigenvalue weighted by Crippen LogP contribution is -2.31. The molecule has 160 valence electrons. The first kappa shape index (κ1) is 21.6. The van der Waals surface area contributed by atoms with Crippen molar-refractivity contribution in [2.24, 2.45) is 7.05 Å². The maximum atomic E-state index is 12.6. The van der Waals surface area contributed by atoms with Crippen LogP contribution in [0.3, 0.4) is 0 Å². The molecule has 1 aromatic carbocycles. The van der Waals surface area contributed by atoms with Gasteiger partial charge in [0.25, 0.3) is 5.56 Å². The molecule has 0 spiro atoms. The van der Waals surface area contributed by atoms with Gasteiger partial charge in [-0.3, -0.25) is 14.3 Å². The SMILES string of the molecule is Cc1cc(C)cc(OCCN(C)C(=O)CCc2c(C)c3c(C)nn(C)c3[nH]c2=O)c1. The van der Waals surface area contributed by atoms with E-state index in [-0.39, 0.29) is 17.9 Å². The molecule has 0 radical (unpaired) electrons. The number of aromatic nitrogens is 3. The number of hydrogen-bond donors (Lipinski definition) is 1. The van der Waals surface area contributed by atoms with Gasteiger partial charge in [-0.2, -0.15) is 5.10 Å². The van der Waals surface area contributed by atoms with Crippen molar-refractivity contribution in [1.82, 2.24) is 19.7 Å². The van der Waals surface area contributed by atoms with Gasteiger partial charge in [-0.1, -0.05) is 6.07 Å². The van der Waals surface area contributed by atoms with Crippen molar-refractivity contribution in [3.05, 3.63) is 56.5 Å². The molecule has 2 aromatic heterocycles. The Morgan fingerprint density at radius 2 is 1.83 bits per heavy atom. The van der Waals surface area contributed by atoms with Gasteiger partial charge in [-0.05, 0) is 62.9 Å². The van der Waals surface area contributed by atoms with Crippen LogP contribution in [0.15, 0.2) is 23.0 Å². The number of nitrogens with zero attached hydrogens (tertiary/aromatic N) is 3. The summed E-state index contributed by atoms with van der Waals surface area (Å²) in [5.41, 5.74) is 5.27. The zero-order valence-corrected chi connectivity index (χ0v) is 18.6. The van der Waals surface area contributed by atoms with Gasteiger partial charge in [0.05, 0.1) is 12.2 Å². The highest BCUT2D eigenvalue weighted by Gasteiger charge is 2.17. The second-order valence-electron chi connectivity index (χ2n) is 7.98. The van der Waals surface area contributed by atoms with Gasteiger partial charge in [-0.15, -0.1) is 0 Å². The molecular formula is C23H30N4O3. The first-order valence-corrected chi connectivity index (χ1v) is 10.2. The summed E-state index contributed by atoms with van der Waals surface area (Å²) in [6.07, 6.45) is 0.668. The van der Waals surface area contributed by atoms with Gasteiger partial charge in [-0.25, -0.2) is 0 Å². The van der Waals surface area contributed by atoms with Gasteiger partial charge >= 0.3 is 0 Å². The minimum absolute atomic E-state index is 0.0131. The zero-order valence-electron chi connectivity index (χ0n) is 18.6. The molecule has 0 saturated heterocycles. The number of nitrogens with one attached hydrogen (secondary N) is 1. The number of ether oxygens (including phenoxy) is 1. The summed E-state index contributed by atoms with van der Waals surface area (Å²) in [5, 5.41) is 5.34. The average Bonchev–Trinajstić information content (AvgIpc) is 2.93. The van der Waals surface area contributed by atoms with E-state index in [0.717, 1.165) is 33.5 Å². The van der Waals surface area contributed by atoms with Crippen molar-refractivity contribution in [3.63, 3.8) is 0 Å². The lowest BCUT2D eigenvalue weighted by molar-refractivity contribution is -0.130. The second kappa shape index (κ2) is 8.73. The summed E-state index contributed by atoms with van der Waals surface area (Å²) in [5.74, 6) is 0.802. The van der Waals surface area contributed by atoms with Gasteiger partial charge in [0, 0.05) is 31.5 Å². The number of fused-ring (bicyclic) bond motifs is 1. The molecule has 3 aromatic rings. The predicted octanol–water partition coefficient (Wildman–Crippen LogP) is 2.97. The Hall–Kier alpha value is -3.09. The summed E-state index contributed by atoms with van der Waals surface area (Å²) in [7, 11) is 3.57. The van der Waals surface area contributed by atoms with E-state index < -0.39 is 0 Å². The maximum absolute atomic E-state index is 12.6. The number of rotatable bonds is 7. The largest absolute Gasteiger partial charge is 0.492 e. The fraction of sp³-hybridized carbons (Fsp3) is 0.435. The highest BCUT2D eigenvalue weighted by Crippen LogP contribution is 2.21. The minimum atomic E-state index is -0.156. The van der Waals surface area contributed by atoms with Crippen LogP contribution in [0.1, 0.15) is 34.4 Å². The molecule has 0 bridgehead atoms. The Bertz CT molecular complexity index is 1120. The number of likely N-dealkylation sites (N-methyl/N-ethyl adjacent to an activating group) is 1. The molecule has 0 aliphatic carbocycles. The molecule has 3 rings (SSSR count). The van der Waals surface area contributed by atoms with E-state index >= 15 is 0 Å². The van der Waals surface area contributed by atoms with E-state index in [1.807, 2.05) is 46.9 Å². The van der Waals surface area contributed by atoms with Gasteiger partial charge in [0.15, 0.2) is 0 Å². The maximum Gasteiger partial charge on any atom is 0.253 e. The Morgan fingerprint density at radius 1 is 1.17 bits per heavy atom. The smallest absolute Gasteiger partial charge is 0.253 e. The lowest BCUT2D eigenvalue weighted by atomic mass is 10.0. The molecule has 0 saturated carbocycles. The van der Waals surface area contributed by atoms with Crippen LogP contribution in [0.2, 0.25) is 0 Å². The Morgan fingerprint density at radius 3 is 2.50 bits per heavy atom. The third-order valence-corrected chi connectivity index (χ3v) is 5.46. The minimum Gasteiger partial charge on any atom is -0.492 e. The zero-order chi connectivity index (χ0) is 22.0. The quantitative estimate of drug-likeness (QED) is 0.649. The Balaban J connectivity index is 1.60. The summed E-state index contributed by atoms with van der Waals surface area (Å²) in [4.78, 5) is 29.7. The summed E-state index contributed by atoms with van der Waals surface area (Å²) in [6.45, 7) is 8.82. The second-order valence-corrected chi connectivity index (χ2v) is 7.98. The third kappa shape index (κ3) is 4.56. The highest BCUT2D eigenvalue weighted by molar-refractivity contribution is 5.83. The van der Waals surface area contributed by atoms with Crippen LogP contribution in [-0.2, 0) is 18.3 Å². The Kier molecular flexibility index (Phi) is 6.29. The Labute approximate surface area is 176 Å². The van der Waals surface area contributed by atoms with Crippen LogP contribution in [0.5, 0.6) is 5.75 Å². The van der Waals surface area contributed by atoms with Gasteiger partial charge in [0.1, 0.15) is 18.0 Å². The molecule has 0 fully saturated rings. The third-order valence-electron chi connectivity index (χ3n) is 5.46. The van der Waals surface area contributed by atoms with Crippen LogP contribution in [0.4, 0.5) is 0 Å². The monoisotopic (exact) mass is 410 g/mol. The standard InChI is InChI=1S/C23H30N4O3/c1-14-11-15(2)13-18(12-14)30-10-9-26(5)20(28)8-7-19-16(3)21-17(4)25-27(6)22(21)24-23(19)29/h11-13H,7-10H2,1-6H3,(H,24,29). The van der Waals surface area contributed by atoms with Gasteiger partial charge in [0.2, 0.25) is 5.91 Å². The van der Waals surface area contributed by atoms with E-state index in [1.165, 1.54) is 0 Å². The topological polar surface area (TPSA) is 80.2 Å². The van der Waals surface area contributed by atoms with E-state index in [9.17, 15) is 9.59 Å². The number of H-pyrrole nitrogens is 1.